The highest BCUT2D eigenvalue weighted by atomic mass is 16.3. The van der Waals surface area contributed by atoms with Crippen molar-refractivity contribution in [1.82, 2.24) is 10.2 Å². The number of likely N-dealkylation sites (N-methyl/N-ethyl adjacent to an activating group) is 1. The molecule has 2 N–H and O–H groups in total. The lowest BCUT2D eigenvalue weighted by molar-refractivity contribution is 0.0951. The summed E-state index contributed by atoms with van der Waals surface area (Å²) in [6.45, 7) is 1.33. The Bertz CT molecular complexity index is 681. The number of phenols is 1. The topological polar surface area (TPSA) is 69.6 Å². The Morgan fingerprint density at radius 3 is 2.71 bits per heavy atom. The summed E-state index contributed by atoms with van der Waals surface area (Å²) in [5.41, 5.74) is 0.774. The van der Waals surface area contributed by atoms with Gasteiger partial charge in [0.25, 0.3) is 5.91 Å². The van der Waals surface area contributed by atoms with Gasteiger partial charge in [0.1, 0.15) is 5.75 Å². The van der Waals surface area contributed by atoms with Gasteiger partial charge in [0, 0.05) is 18.7 Å². The summed E-state index contributed by atoms with van der Waals surface area (Å²) in [6, 6.07) is 8.19. The average molecular weight is 286 g/mol. The van der Waals surface area contributed by atoms with Crippen molar-refractivity contribution in [1.29, 1.82) is 0 Å². The Morgan fingerprint density at radius 2 is 2.05 bits per heavy atom. The first-order valence-electron chi connectivity index (χ1n) is 6.67. The third-order valence-corrected chi connectivity index (χ3v) is 3.26. The van der Waals surface area contributed by atoms with Crippen LogP contribution in [0.15, 0.2) is 30.3 Å². The Morgan fingerprint density at radius 1 is 1.29 bits per heavy atom. The van der Waals surface area contributed by atoms with Crippen molar-refractivity contribution in [2.75, 3.05) is 27.2 Å². The summed E-state index contributed by atoms with van der Waals surface area (Å²) in [6.07, 6.45) is 0.620. The smallest absolute Gasteiger partial charge is 0.251 e. The Hall–Kier alpha value is -2.40. The van der Waals surface area contributed by atoms with Gasteiger partial charge in [-0.15, -0.1) is 0 Å². The molecule has 0 unspecified atom stereocenters. The van der Waals surface area contributed by atoms with Gasteiger partial charge in [0.05, 0.1) is 5.56 Å². The normalized spacial score (nSPS) is 10.8. The van der Waals surface area contributed by atoms with E-state index in [4.69, 9.17) is 0 Å². The summed E-state index contributed by atoms with van der Waals surface area (Å²) in [5, 5.41) is 13.9. The fraction of sp³-hybridized carbons (Fsp3) is 0.250. The molecule has 0 fully saturated rings. The van der Waals surface area contributed by atoms with Gasteiger partial charge < -0.3 is 15.3 Å². The molecule has 0 radical (unpaired) electrons. The van der Waals surface area contributed by atoms with Gasteiger partial charge in [0.2, 0.25) is 0 Å². The standard InChI is InChI=1S/C16H18N2O3/c1-18(2)8-7-17-16(21)12-3-5-13-11(9-12)4-6-15(20)14(13)10-19/h3-6,9-10,20H,7-8H2,1-2H3,(H,17,21). The minimum atomic E-state index is -0.153. The van der Waals surface area contributed by atoms with E-state index < -0.39 is 0 Å². The van der Waals surface area contributed by atoms with E-state index in [1.807, 2.05) is 19.0 Å². The van der Waals surface area contributed by atoms with E-state index in [0.29, 0.717) is 23.8 Å². The number of nitrogens with one attached hydrogen (secondary N) is 1. The van der Waals surface area contributed by atoms with Gasteiger partial charge in [-0.3, -0.25) is 9.59 Å². The molecule has 0 saturated carbocycles. The summed E-state index contributed by atoms with van der Waals surface area (Å²) in [5.74, 6) is -0.208. The van der Waals surface area contributed by atoms with Crippen LogP contribution in [0.1, 0.15) is 20.7 Å². The number of hydrogen-bond acceptors (Lipinski definition) is 4. The van der Waals surface area contributed by atoms with Crippen LogP contribution in [0.2, 0.25) is 0 Å². The van der Waals surface area contributed by atoms with E-state index in [-0.39, 0.29) is 17.2 Å². The molecule has 0 aliphatic rings. The summed E-state index contributed by atoms with van der Waals surface area (Å²) < 4.78 is 0. The lowest BCUT2D eigenvalue weighted by Gasteiger charge is -2.11. The highest BCUT2D eigenvalue weighted by Crippen LogP contribution is 2.26. The molecular formula is C16H18N2O3. The van der Waals surface area contributed by atoms with Gasteiger partial charge in [-0.1, -0.05) is 12.1 Å². The molecule has 0 aliphatic heterocycles. The molecule has 2 aromatic rings. The predicted molar refractivity (Wildman–Crippen MR) is 81.9 cm³/mol. The Kier molecular flexibility index (Phi) is 4.55. The number of amides is 1. The first kappa shape index (κ1) is 15.0. The van der Waals surface area contributed by atoms with E-state index in [1.165, 1.54) is 6.07 Å². The van der Waals surface area contributed by atoms with Crippen molar-refractivity contribution in [2.45, 2.75) is 0 Å². The molecule has 0 atom stereocenters. The number of carbonyl (C=O) groups is 2. The summed E-state index contributed by atoms with van der Waals surface area (Å²) in [7, 11) is 3.88. The first-order chi connectivity index (χ1) is 10.0. The minimum absolute atomic E-state index is 0.0549. The van der Waals surface area contributed by atoms with Crippen molar-refractivity contribution < 1.29 is 14.7 Å². The van der Waals surface area contributed by atoms with Crippen molar-refractivity contribution in [3.8, 4) is 5.75 Å². The predicted octanol–water partition coefficient (Wildman–Crippen LogP) is 1.65. The van der Waals surface area contributed by atoms with Gasteiger partial charge >= 0.3 is 0 Å². The number of hydrogen-bond donors (Lipinski definition) is 2. The molecule has 0 spiro atoms. The zero-order valence-electron chi connectivity index (χ0n) is 12.1. The molecule has 0 aromatic heterocycles. The van der Waals surface area contributed by atoms with Gasteiger partial charge in [-0.25, -0.2) is 0 Å². The van der Waals surface area contributed by atoms with E-state index in [2.05, 4.69) is 5.32 Å². The zero-order valence-corrected chi connectivity index (χ0v) is 12.1. The second kappa shape index (κ2) is 6.37. The number of nitrogens with zero attached hydrogens (tertiary/aromatic N) is 1. The Labute approximate surface area is 123 Å². The van der Waals surface area contributed by atoms with Gasteiger partial charge in [-0.05, 0) is 43.1 Å². The van der Waals surface area contributed by atoms with Gasteiger partial charge in [-0.2, -0.15) is 0 Å². The molecule has 21 heavy (non-hydrogen) atoms. The minimum Gasteiger partial charge on any atom is -0.507 e. The average Bonchev–Trinajstić information content (AvgIpc) is 2.46. The number of carbonyl (C=O) groups excluding carboxylic acids is 2. The van der Waals surface area contributed by atoms with E-state index >= 15 is 0 Å². The molecule has 110 valence electrons. The number of aldehydes is 1. The fourth-order valence-corrected chi connectivity index (χ4v) is 2.10. The molecule has 1 amide bonds. The SMILES string of the molecule is CN(C)CCNC(=O)c1ccc2c(C=O)c(O)ccc2c1. The monoisotopic (exact) mass is 286 g/mol. The highest BCUT2D eigenvalue weighted by Gasteiger charge is 2.10. The molecule has 5 nitrogen and oxygen atoms in total. The lowest BCUT2D eigenvalue weighted by atomic mass is 10.0. The van der Waals surface area contributed by atoms with Crippen LogP contribution in [-0.2, 0) is 0 Å². The number of fused-ring (bicyclic) bond motifs is 1. The maximum Gasteiger partial charge on any atom is 0.251 e. The first-order valence-corrected chi connectivity index (χ1v) is 6.67. The van der Waals surface area contributed by atoms with Crippen LogP contribution in [-0.4, -0.2) is 49.4 Å². The molecule has 2 aromatic carbocycles. The highest BCUT2D eigenvalue weighted by molar-refractivity contribution is 6.04. The molecule has 2 rings (SSSR count). The number of phenolic OH excluding ortho intramolecular Hbond substituents is 1. The van der Waals surface area contributed by atoms with Gasteiger partial charge in [0.15, 0.2) is 6.29 Å². The third kappa shape index (κ3) is 3.38. The molecular weight excluding hydrogens is 268 g/mol. The van der Waals surface area contributed by atoms with Crippen LogP contribution in [0, 0.1) is 0 Å². The van der Waals surface area contributed by atoms with Crippen LogP contribution in [0.25, 0.3) is 10.8 Å². The molecule has 0 saturated heterocycles. The fourth-order valence-electron chi connectivity index (χ4n) is 2.10. The third-order valence-electron chi connectivity index (χ3n) is 3.26. The van der Waals surface area contributed by atoms with Crippen LogP contribution in [0.4, 0.5) is 0 Å². The van der Waals surface area contributed by atoms with E-state index in [1.54, 1.807) is 24.3 Å². The van der Waals surface area contributed by atoms with Crippen molar-refractivity contribution in [3.05, 3.63) is 41.5 Å². The van der Waals surface area contributed by atoms with E-state index in [0.717, 1.165) is 11.9 Å². The van der Waals surface area contributed by atoms with Crippen molar-refractivity contribution in [2.24, 2.45) is 0 Å². The Balaban J connectivity index is 2.25. The molecule has 5 heteroatoms. The van der Waals surface area contributed by atoms with Crippen LogP contribution in [0.3, 0.4) is 0 Å². The van der Waals surface area contributed by atoms with Crippen LogP contribution in [0.5, 0.6) is 5.75 Å². The molecule has 0 bridgehead atoms. The second-order valence-corrected chi connectivity index (χ2v) is 5.11. The van der Waals surface area contributed by atoms with Crippen molar-refractivity contribution >= 4 is 23.0 Å². The maximum absolute atomic E-state index is 12.0. The number of benzene rings is 2. The summed E-state index contributed by atoms with van der Waals surface area (Å²) >= 11 is 0. The van der Waals surface area contributed by atoms with E-state index in [9.17, 15) is 14.7 Å². The molecule has 0 heterocycles. The van der Waals surface area contributed by atoms with Crippen molar-refractivity contribution in [3.63, 3.8) is 0 Å². The largest absolute Gasteiger partial charge is 0.507 e. The number of aromatic hydroxyl groups is 1. The second-order valence-electron chi connectivity index (χ2n) is 5.11. The zero-order chi connectivity index (χ0) is 15.4. The molecule has 0 aliphatic carbocycles. The van der Waals surface area contributed by atoms with Crippen LogP contribution < -0.4 is 5.32 Å². The number of rotatable bonds is 5. The lowest BCUT2D eigenvalue weighted by Crippen LogP contribution is -2.31. The van der Waals surface area contributed by atoms with Crippen LogP contribution >= 0.6 is 0 Å². The quantitative estimate of drug-likeness (QED) is 0.820. The summed E-state index contributed by atoms with van der Waals surface area (Å²) in [4.78, 5) is 25.0. The maximum atomic E-state index is 12.0.